The molecule has 0 amide bonds. The zero-order valence-corrected chi connectivity index (χ0v) is 8.14. The molecule has 0 aliphatic rings. The predicted octanol–water partition coefficient (Wildman–Crippen LogP) is 0.478. The quantitative estimate of drug-likeness (QED) is 0.544. The maximum Gasteiger partial charge on any atom is 0.316 e. The summed E-state index contributed by atoms with van der Waals surface area (Å²) in [6.45, 7) is 1.54. The minimum atomic E-state index is -0.530. The second-order valence-corrected chi connectivity index (χ2v) is 3.21. The fraction of sp³-hybridized carbons (Fsp3) is 0.250. The molecule has 0 aliphatic carbocycles. The third-order valence-electron chi connectivity index (χ3n) is 2.24. The molecule has 0 atom stereocenters. The molecule has 0 saturated heterocycles. The van der Waals surface area contributed by atoms with Crippen molar-refractivity contribution < 1.29 is 4.92 Å². The van der Waals surface area contributed by atoms with Crippen LogP contribution in [0, 0.1) is 17.0 Å². The van der Waals surface area contributed by atoms with E-state index in [0.717, 1.165) is 0 Å². The summed E-state index contributed by atoms with van der Waals surface area (Å²) in [7, 11) is 1.55. The van der Waals surface area contributed by atoms with E-state index in [9.17, 15) is 14.9 Å². The molecule has 78 valence electrons. The van der Waals surface area contributed by atoms with E-state index in [0.29, 0.717) is 5.69 Å². The third-order valence-corrected chi connectivity index (χ3v) is 2.24. The number of aromatic nitrogens is 3. The lowest BCUT2D eigenvalue weighted by Crippen LogP contribution is -2.01. The average molecular weight is 208 g/mol. The summed E-state index contributed by atoms with van der Waals surface area (Å²) in [4.78, 5) is 25.5. The Morgan fingerprint density at radius 3 is 2.87 bits per heavy atom. The Kier molecular flexibility index (Phi) is 1.82. The van der Waals surface area contributed by atoms with Gasteiger partial charge < -0.3 is 0 Å². The van der Waals surface area contributed by atoms with Crippen molar-refractivity contribution in [3.63, 3.8) is 0 Å². The highest BCUT2D eigenvalue weighted by Crippen LogP contribution is 2.24. The molecule has 0 unspecified atom stereocenters. The minimum absolute atomic E-state index is 0.131. The van der Waals surface area contributed by atoms with Gasteiger partial charge in [-0.15, -0.1) is 0 Å². The largest absolute Gasteiger partial charge is 0.316 e. The smallest absolute Gasteiger partial charge is 0.281 e. The summed E-state index contributed by atoms with van der Waals surface area (Å²) in [5.74, 6) is 0. The number of nitrogens with zero attached hydrogens (tertiary/aromatic N) is 3. The molecule has 1 N–H and O–H groups in total. The van der Waals surface area contributed by atoms with Gasteiger partial charge in [-0.05, 0) is 6.92 Å². The Bertz CT molecular complexity index is 610. The molecular formula is C8H8N4O3. The number of H-pyrrole nitrogens is 1. The van der Waals surface area contributed by atoms with E-state index >= 15 is 0 Å². The van der Waals surface area contributed by atoms with Gasteiger partial charge in [-0.2, -0.15) is 0 Å². The Hall–Kier alpha value is -2.18. The van der Waals surface area contributed by atoms with Crippen LogP contribution in [0.2, 0.25) is 0 Å². The highest BCUT2D eigenvalue weighted by molar-refractivity contribution is 5.87. The monoisotopic (exact) mass is 208 g/mol. The fourth-order valence-electron chi connectivity index (χ4n) is 1.58. The molecule has 0 fully saturated rings. The summed E-state index contributed by atoms with van der Waals surface area (Å²) in [6.07, 6.45) is 1.34. The van der Waals surface area contributed by atoms with E-state index in [4.69, 9.17) is 0 Å². The van der Waals surface area contributed by atoms with Crippen molar-refractivity contribution in [2.24, 2.45) is 7.05 Å². The standard InChI is InChI=1S/C8H8N4O3/c1-4-6(12(14)15)7-5(3-9-4)8(13)10-11(7)2/h3H,1-2H3,(H,10,13). The zero-order valence-electron chi connectivity index (χ0n) is 8.14. The molecule has 7 heteroatoms. The Morgan fingerprint density at radius 1 is 1.60 bits per heavy atom. The number of aryl methyl sites for hydroxylation is 2. The summed E-state index contributed by atoms with van der Waals surface area (Å²) in [5, 5.41) is 13.5. The zero-order chi connectivity index (χ0) is 11.2. The van der Waals surface area contributed by atoms with Gasteiger partial charge in [0, 0.05) is 13.2 Å². The molecule has 0 spiro atoms. The first-order valence-electron chi connectivity index (χ1n) is 4.21. The highest BCUT2D eigenvalue weighted by Gasteiger charge is 2.21. The van der Waals surface area contributed by atoms with Gasteiger partial charge in [-0.1, -0.05) is 0 Å². The van der Waals surface area contributed by atoms with Gasteiger partial charge in [-0.3, -0.25) is 29.7 Å². The molecule has 7 nitrogen and oxygen atoms in total. The number of nitro groups is 1. The topological polar surface area (TPSA) is 93.8 Å². The molecule has 2 rings (SSSR count). The van der Waals surface area contributed by atoms with Crippen LogP contribution in [0.25, 0.3) is 10.9 Å². The van der Waals surface area contributed by atoms with Crippen molar-refractivity contribution in [3.8, 4) is 0 Å². The van der Waals surface area contributed by atoms with E-state index < -0.39 is 4.92 Å². The van der Waals surface area contributed by atoms with Crippen molar-refractivity contribution in [1.29, 1.82) is 0 Å². The van der Waals surface area contributed by atoms with Crippen LogP contribution in [0.5, 0.6) is 0 Å². The lowest BCUT2D eigenvalue weighted by Gasteiger charge is -1.99. The fourth-order valence-corrected chi connectivity index (χ4v) is 1.58. The van der Waals surface area contributed by atoms with Gasteiger partial charge in [-0.25, -0.2) is 0 Å². The molecule has 0 radical (unpaired) electrons. The Balaban J connectivity index is 3.05. The lowest BCUT2D eigenvalue weighted by molar-refractivity contribution is -0.384. The van der Waals surface area contributed by atoms with Crippen LogP contribution in [0.4, 0.5) is 5.69 Å². The number of hydrogen-bond acceptors (Lipinski definition) is 4. The van der Waals surface area contributed by atoms with Crippen LogP contribution >= 0.6 is 0 Å². The predicted molar refractivity (Wildman–Crippen MR) is 52.7 cm³/mol. The molecule has 2 aromatic heterocycles. The summed E-state index contributed by atoms with van der Waals surface area (Å²) in [6, 6.07) is 0. The number of rotatable bonds is 1. The van der Waals surface area contributed by atoms with E-state index in [1.54, 1.807) is 7.05 Å². The molecule has 2 aromatic rings. The van der Waals surface area contributed by atoms with Gasteiger partial charge in [0.1, 0.15) is 5.69 Å². The molecule has 0 saturated carbocycles. The number of fused-ring (bicyclic) bond motifs is 1. The van der Waals surface area contributed by atoms with Gasteiger partial charge in [0.2, 0.25) is 0 Å². The average Bonchev–Trinajstić information content (AvgIpc) is 2.41. The van der Waals surface area contributed by atoms with Crippen molar-refractivity contribution in [2.75, 3.05) is 0 Å². The van der Waals surface area contributed by atoms with Crippen molar-refractivity contribution in [2.45, 2.75) is 6.92 Å². The second kappa shape index (κ2) is 2.91. The molecule has 0 bridgehead atoms. The molecule has 15 heavy (non-hydrogen) atoms. The maximum absolute atomic E-state index is 11.3. The summed E-state index contributed by atoms with van der Waals surface area (Å²) in [5.41, 5.74) is 0.0658. The van der Waals surface area contributed by atoms with Crippen molar-refractivity contribution in [3.05, 3.63) is 32.4 Å². The first-order chi connectivity index (χ1) is 7.02. The van der Waals surface area contributed by atoms with E-state index in [1.807, 2.05) is 0 Å². The first kappa shape index (κ1) is 9.38. The van der Waals surface area contributed by atoms with E-state index in [-0.39, 0.29) is 22.1 Å². The number of nitrogens with one attached hydrogen (secondary N) is 1. The van der Waals surface area contributed by atoms with Crippen LogP contribution in [0.1, 0.15) is 5.69 Å². The molecule has 2 heterocycles. The lowest BCUT2D eigenvalue weighted by atomic mass is 10.2. The number of aromatic amines is 1. The normalized spacial score (nSPS) is 10.8. The Labute approximate surface area is 83.5 Å². The first-order valence-corrected chi connectivity index (χ1v) is 4.21. The molecule has 0 aliphatic heterocycles. The minimum Gasteiger partial charge on any atom is -0.281 e. The number of pyridine rings is 1. The van der Waals surface area contributed by atoms with Crippen LogP contribution in [-0.4, -0.2) is 19.7 Å². The van der Waals surface area contributed by atoms with Crippen LogP contribution < -0.4 is 5.56 Å². The van der Waals surface area contributed by atoms with Gasteiger partial charge in [0.05, 0.1) is 10.3 Å². The van der Waals surface area contributed by atoms with Crippen LogP contribution in [0.3, 0.4) is 0 Å². The Morgan fingerprint density at radius 2 is 2.27 bits per heavy atom. The van der Waals surface area contributed by atoms with Crippen LogP contribution in [0.15, 0.2) is 11.0 Å². The van der Waals surface area contributed by atoms with E-state index in [2.05, 4.69) is 10.1 Å². The SMILES string of the molecule is Cc1ncc2c(=O)[nH]n(C)c2c1[N+](=O)[O-]. The summed E-state index contributed by atoms with van der Waals surface area (Å²) < 4.78 is 1.34. The van der Waals surface area contributed by atoms with Crippen molar-refractivity contribution in [1.82, 2.24) is 14.8 Å². The molecule has 0 aromatic carbocycles. The van der Waals surface area contributed by atoms with Crippen LogP contribution in [-0.2, 0) is 7.05 Å². The summed E-state index contributed by atoms with van der Waals surface area (Å²) >= 11 is 0. The number of hydrogen-bond donors (Lipinski definition) is 1. The van der Waals surface area contributed by atoms with Gasteiger partial charge in [0.25, 0.3) is 5.56 Å². The maximum atomic E-state index is 11.3. The van der Waals surface area contributed by atoms with Gasteiger partial charge >= 0.3 is 5.69 Å². The molecular weight excluding hydrogens is 200 g/mol. The van der Waals surface area contributed by atoms with E-state index in [1.165, 1.54) is 17.8 Å². The van der Waals surface area contributed by atoms with Gasteiger partial charge in [0.15, 0.2) is 5.52 Å². The second-order valence-electron chi connectivity index (χ2n) is 3.21. The van der Waals surface area contributed by atoms with Crippen molar-refractivity contribution >= 4 is 16.6 Å². The highest BCUT2D eigenvalue weighted by atomic mass is 16.6. The third kappa shape index (κ3) is 1.20.